The average Bonchev–Trinajstić information content (AvgIpc) is 3.24. The Morgan fingerprint density at radius 2 is 1.64 bits per heavy atom. The van der Waals surface area contributed by atoms with Crippen molar-refractivity contribution < 1.29 is 9.47 Å². The quantitative estimate of drug-likeness (QED) is 0.478. The number of benzene rings is 3. The predicted molar refractivity (Wildman–Crippen MR) is 112 cm³/mol. The minimum absolute atomic E-state index is 0.561. The van der Waals surface area contributed by atoms with Crippen LogP contribution in [0.25, 0.3) is 22.6 Å². The third kappa shape index (κ3) is 3.91. The van der Waals surface area contributed by atoms with Crippen LogP contribution in [0.3, 0.4) is 0 Å². The van der Waals surface area contributed by atoms with Gasteiger partial charge in [-0.05, 0) is 60.5 Å². The van der Waals surface area contributed by atoms with E-state index in [1.165, 1.54) is 0 Å². The molecule has 3 aromatic carbocycles. The molecule has 0 aliphatic carbocycles. The van der Waals surface area contributed by atoms with Crippen molar-refractivity contribution in [1.29, 1.82) is 0 Å². The van der Waals surface area contributed by atoms with Crippen LogP contribution in [0, 0.1) is 6.92 Å². The van der Waals surface area contributed by atoms with Gasteiger partial charge in [0.2, 0.25) is 0 Å². The second kappa shape index (κ2) is 8.01. The Balaban J connectivity index is 1.50. The molecule has 0 radical (unpaired) electrons. The molecule has 0 unspecified atom stereocenters. The third-order valence-electron chi connectivity index (χ3n) is 4.65. The molecule has 1 N–H and O–H groups in total. The molecule has 0 saturated carbocycles. The lowest BCUT2D eigenvalue weighted by molar-refractivity contribution is 0.304. The summed E-state index contributed by atoms with van der Waals surface area (Å²) in [7, 11) is 1.66. The summed E-state index contributed by atoms with van der Waals surface area (Å²) < 4.78 is 11.2. The first kappa shape index (κ1) is 17.9. The summed E-state index contributed by atoms with van der Waals surface area (Å²) in [5.41, 5.74) is 5.22. The molecule has 4 nitrogen and oxygen atoms in total. The molecule has 0 aliphatic heterocycles. The summed E-state index contributed by atoms with van der Waals surface area (Å²) in [6.07, 6.45) is 1.93. The minimum Gasteiger partial charge on any atom is -0.497 e. The van der Waals surface area contributed by atoms with Gasteiger partial charge < -0.3 is 14.5 Å². The van der Waals surface area contributed by atoms with Crippen molar-refractivity contribution in [3.8, 4) is 34.1 Å². The number of hydrogen-bond acceptors (Lipinski definition) is 3. The fraction of sp³-hybridized carbons (Fsp3) is 0.125. The van der Waals surface area contributed by atoms with Crippen molar-refractivity contribution in [1.82, 2.24) is 9.97 Å². The van der Waals surface area contributed by atoms with E-state index in [1.54, 1.807) is 7.11 Å². The maximum absolute atomic E-state index is 5.97. The molecule has 4 heteroatoms. The highest BCUT2D eigenvalue weighted by atomic mass is 16.5. The van der Waals surface area contributed by atoms with E-state index in [2.05, 4.69) is 30.1 Å². The summed E-state index contributed by atoms with van der Waals surface area (Å²) in [6, 6.07) is 24.2. The van der Waals surface area contributed by atoms with E-state index in [0.29, 0.717) is 6.61 Å². The molecular weight excluding hydrogens is 348 g/mol. The molecular formula is C24H22N2O2. The number of aryl methyl sites for hydroxylation is 1. The third-order valence-corrected chi connectivity index (χ3v) is 4.65. The van der Waals surface area contributed by atoms with Crippen LogP contribution in [-0.4, -0.2) is 17.1 Å². The number of aromatic nitrogens is 2. The van der Waals surface area contributed by atoms with Gasteiger partial charge in [-0.15, -0.1) is 0 Å². The number of nitrogens with zero attached hydrogens (tertiary/aromatic N) is 1. The Labute approximate surface area is 164 Å². The van der Waals surface area contributed by atoms with Crippen molar-refractivity contribution in [3.63, 3.8) is 0 Å². The highest BCUT2D eigenvalue weighted by Gasteiger charge is 2.09. The van der Waals surface area contributed by atoms with E-state index in [9.17, 15) is 0 Å². The number of ether oxygens (including phenoxy) is 2. The van der Waals surface area contributed by atoms with Crippen molar-refractivity contribution >= 4 is 0 Å². The zero-order valence-corrected chi connectivity index (χ0v) is 16.0. The Morgan fingerprint density at radius 1 is 0.893 bits per heavy atom. The predicted octanol–water partition coefficient (Wildman–Crippen LogP) is 5.64. The molecule has 140 valence electrons. The molecule has 0 atom stereocenters. The molecule has 4 aromatic rings. The van der Waals surface area contributed by atoms with E-state index in [1.807, 2.05) is 60.8 Å². The zero-order valence-electron chi connectivity index (χ0n) is 16.0. The minimum atomic E-state index is 0.561. The van der Waals surface area contributed by atoms with Gasteiger partial charge in [0, 0.05) is 17.3 Å². The highest BCUT2D eigenvalue weighted by molar-refractivity contribution is 5.66. The number of nitrogens with one attached hydrogen (secondary N) is 1. The van der Waals surface area contributed by atoms with Crippen LogP contribution in [0.15, 0.2) is 79.0 Å². The second-order valence-corrected chi connectivity index (χ2v) is 6.62. The molecule has 4 rings (SSSR count). The fourth-order valence-corrected chi connectivity index (χ4v) is 3.07. The first-order valence-corrected chi connectivity index (χ1v) is 9.20. The van der Waals surface area contributed by atoms with Gasteiger partial charge in [0.25, 0.3) is 0 Å². The molecule has 0 bridgehead atoms. The maximum Gasteiger partial charge on any atom is 0.138 e. The Morgan fingerprint density at radius 3 is 2.36 bits per heavy atom. The number of hydrogen-bond donors (Lipinski definition) is 1. The van der Waals surface area contributed by atoms with Crippen LogP contribution in [0.4, 0.5) is 0 Å². The summed E-state index contributed by atoms with van der Waals surface area (Å²) >= 11 is 0. The SMILES string of the molecule is COc1ccc(-c2nc(-c3ccc(OCc4ccccc4)c(C)c3)c[nH]2)cc1. The van der Waals surface area contributed by atoms with Gasteiger partial charge in [-0.1, -0.05) is 30.3 Å². The van der Waals surface area contributed by atoms with Crippen molar-refractivity contribution in [3.05, 3.63) is 90.1 Å². The fourth-order valence-electron chi connectivity index (χ4n) is 3.07. The molecule has 0 amide bonds. The smallest absolute Gasteiger partial charge is 0.138 e. The summed E-state index contributed by atoms with van der Waals surface area (Å²) in [5.74, 6) is 2.55. The molecule has 1 aromatic heterocycles. The van der Waals surface area contributed by atoms with E-state index in [-0.39, 0.29) is 0 Å². The Hall–Kier alpha value is -3.53. The molecule has 1 heterocycles. The number of rotatable bonds is 6. The zero-order chi connectivity index (χ0) is 19.3. The molecule has 0 fully saturated rings. The average molecular weight is 370 g/mol. The van der Waals surface area contributed by atoms with Gasteiger partial charge in [0.15, 0.2) is 0 Å². The van der Waals surface area contributed by atoms with Crippen molar-refractivity contribution in [2.24, 2.45) is 0 Å². The first-order chi connectivity index (χ1) is 13.7. The molecule has 0 saturated heterocycles. The van der Waals surface area contributed by atoms with Crippen LogP contribution in [0.2, 0.25) is 0 Å². The van der Waals surface area contributed by atoms with Gasteiger partial charge in [0.05, 0.1) is 12.8 Å². The van der Waals surface area contributed by atoms with E-state index >= 15 is 0 Å². The highest BCUT2D eigenvalue weighted by Crippen LogP contribution is 2.28. The van der Waals surface area contributed by atoms with E-state index in [0.717, 1.165) is 45.3 Å². The Kier molecular flexibility index (Phi) is 5.11. The lowest BCUT2D eigenvalue weighted by Crippen LogP contribution is -1.97. The van der Waals surface area contributed by atoms with E-state index in [4.69, 9.17) is 14.5 Å². The number of imidazole rings is 1. The van der Waals surface area contributed by atoms with Crippen LogP contribution < -0.4 is 9.47 Å². The lowest BCUT2D eigenvalue weighted by Gasteiger charge is -2.10. The summed E-state index contributed by atoms with van der Waals surface area (Å²) in [5, 5.41) is 0. The van der Waals surface area contributed by atoms with Crippen molar-refractivity contribution in [2.75, 3.05) is 7.11 Å². The van der Waals surface area contributed by atoms with Gasteiger partial charge in [0.1, 0.15) is 23.9 Å². The number of aromatic amines is 1. The van der Waals surface area contributed by atoms with Gasteiger partial charge in [-0.25, -0.2) is 4.98 Å². The number of methoxy groups -OCH3 is 1. The monoisotopic (exact) mass is 370 g/mol. The van der Waals surface area contributed by atoms with Crippen molar-refractivity contribution in [2.45, 2.75) is 13.5 Å². The standard InChI is InChI=1S/C24H22N2O2/c1-17-14-20(10-13-23(17)28-16-18-6-4-3-5-7-18)22-15-25-24(26-22)19-8-11-21(27-2)12-9-19/h3-15H,16H2,1-2H3,(H,25,26). The van der Waals surface area contributed by atoms with Crippen LogP contribution in [0.5, 0.6) is 11.5 Å². The summed E-state index contributed by atoms with van der Waals surface area (Å²) in [6.45, 7) is 2.62. The normalized spacial score (nSPS) is 10.6. The van der Waals surface area contributed by atoms with E-state index < -0.39 is 0 Å². The topological polar surface area (TPSA) is 47.1 Å². The van der Waals surface area contributed by atoms with Crippen LogP contribution in [-0.2, 0) is 6.61 Å². The lowest BCUT2D eigenvalue weighted by atomic mass is 10.1. The van der Waals surface area contributed by atoms with Gasteiger partial charge in [-0.3, -0.25) is 0 Å². The molecule has 0 spiro atoms. The Bertz CT molecular complexity index is 1050. The van der Waals surface area contributed by atoms with Gasteiger partial charge >= 0.3 is 0 Å². The van der Waals surface area contributed by atoms with Gasteiger partial charge in [-0.2, -0.15) is 0 Å². The second-order valence-electron chi connectivity index (χ2n) is 6.62. The summed E-state index contributed by atoms with van der Waals surface area (Å²) in [4.78, 5) is 7.99. The van der Waals surface area contributed by atoms with Crippen LogP contribution in [0.1, 0.15) is 11.1 Å². The molecule has 0 aliphatic rings. The van der Waals surface area contributed by atoms with Crippen LogP contribution >= 0.6 is 0 Å². The largest absolute Gasteiger partial charge is 0.497 e. The maximum atomic E-state index is 5.97. The molecule has 28 heavy (non-hydrogen) atoms. The number of H-pyrrole nitrogens is 1. The first-order valence-electron chi connectivity index (χ1n) is 9.20.